The van der Waals surface area contributed by atoms with Gasteiger partial charge in [0.1, 0.15) is 0 Å². The second-order valence-corrected chi connectivity index (χ2v) is 7.30. The van der Waals surface area contributed by atoms with Crippen molar-refractivity contribution in [2.24, 2.45) is 4.99 Å². The summed E-state index contributed by atoms with van der Waals surface area (Å²) < 4.78 is 0. The molecule has 1 aliphatic rings. The van der Waals surface area contributed by atoms with Crippen LogP contribution in [0.5, 0.6) is 0 Å². The molecule has 5 nitrogen and oxygen atoms in total. The molecule has 0 saturated heterocycles. The molecule has 0 radical (unpaired) electrons. The van der Waals surface area contributed by atoms with Crippen LogP contribution in [0.3, 0.4) is 0 Å². The molecule has 1 aliphatic heterocycles. The minimum absolute atomic E-state index is 0.0643. The van der Waals surface area contributed by atoms with Gasteiger partial charge in [-0.1, -0.05) is 60.7 Å². The standard InChI is InChI=1S/C24H26N4O/c1-25-24(26-14-13-18-9-6-8-17-7-2-3-10-20(17)18)27-16-19-15-23(29)28-22-12-5-4-11-21(19)22/h2-12,19H,13-16H2,1H3,(H,28,29)(H2,25,26,27). The maximum Gasteiger partial charge on any atom is 0.225 e. The lowest BCUT2D eigenvalue weighted by Gasteiger charge is -2.26. The molecule has 1 atom stereocenters. The zero-order chi connectivity index (χ0) is 20.1. The summed E-state index contributed by atoms with van der Waals surface area (Å²) in [4.78, 5) is 16.3. The number of carbonyl (C=O) groups excluding carboxylic acids is 1. The Morgan fingerprint density at radius 1 is 1.03 bits per heavy atom. The van der Waals surface area contributed by atoms with E-state index in [-0.39, 0.29) is 11.8 Å². The molecule has 5 heteroatoms. The van der Waals surface area contributed by atoms with E-state index in [1.807, 2.05) is 18.2 Å². The van der Waals surface area contributed by atoms with E-state index in [1.54, 1.807) is 7.05 Å². The number of amides is 1. The van der Waals surface area contributed by atoms with E-state index in [1.165, 1.54) is 21.9 Å². The zero-order valence-corrected chi connectivity index (χ0v) is 16.6. The second kappa shape index (κ2) is 8.78. The summed E-state index contributed by atoms with van der Waals surface area (Å²) in [6.45, 7) is 1.45. The molecule has 4 rings (SSSR count). The zero-order valence-electron chi connectivity index (χ0n) is 16.6. The number of anilines is 1. The smallest absolute Gasteiger partial charge is 0.225 e. The molecule has 29 heavy (non-hydrogen) atoms. The van der Waals surface area contributed by atoms with Crippen LogP contribution in [-0.2, 0) is 11.2 Å². The molecule has 0 aromatic heterocycles. The quantitative estimate of drug-likeness (QED) is 0.463. The van der Waals surface area contributed by atoms with Crippen molar-refractivity contribution in [3.05, 3.63) is 77.9 Å². The number of guanidine groups is 1. The van der Waals surface area contributed by atoms with E-state index in [9.17, 15) is 4.79 Å². The number of benzene rings is 3. The van der Waals surface area contributed by atoms with Gasteiger partial charge in [0.05, 0.1) is 0 Å². The fourth-order valence-corrected chi connectivity index (χ4v) is 3.95. The Morgan fingerprint density at radius 2 is 1.83 bits per heavy atom. The van der Waals surface area contributed by atoms with E-state index in [0.29, 0.717) is 13.0 Å². The molecule has 148 valence electrons. The average molecular weight is 386 g/mol. The summed E-state index contributed by atoms with van der Waals surface area (Å²) in [7, 11) is 1.77. The molecule has 0 aliphatic carbocycles. The topological polar surface area (TPSA) is 65.5 Å². The number of rotatable bonds is 5. The predicted molar refractivity (Wildman–Crippen MR) is 119 cm³/mol. The van der Waals surface area contributed by atoms with Gasteiger partial charge >= 0.3 is 0 Å². The number of aliphatic imine (C=N–C) groups is 1. The molecule has 3 N–H and O–H groups in total. The lowest BCUT2D eigenvalue weighted by molar-refractivity contribution is -0.116. The van der Waals surface area contributed by atoms with Gasteiger partial charge in [0.2, 0.25) is 5.91 Å². The van der Waals surface area contributed by atoms with Crippen molar-refractivity contribution < 1.29 is 4.79 Å². The van der Waals surface area contributed by atoms with Gasteiger partial charge in [0, 0.05) is 38.2 Å². The Balaban J connectivity index is 1.34. The monoisotopic (exact) mass is 386 g/mol. The van der Waals surface area contributed by atoms with Crippen LogP contribution in [0.2, 0.25) is 0 Å². The normalized spacial score (nSPS) is 16.2. The average Bonchev–Trinajstić information content (AvgIpc) is 2.76. The number of carbonyl (C=O) groups is 1. The fraction of sp³-hybridized carbons (Fsp3) is 0.250. The predicted octanol–water partition coefficient (Wildman–Crippen LogP) is 3.67. The van der Waals surface area contributed by atoms with Crippen molar-refractivity contribution in [2.45, 2.75) is 18.8 Å². The number of hydrogen-bond donors (Lipinski definition) is 3. The van der Waals surface area contributed by atoms with Crippen LogP contribution in [0, 0.1) is 0 Å². The molecule has 1 heterocycles. The maximum absolute atomic E-state index is 12.0. The van der Waals surface area contributed by atoms with Crippen LogP contribution < -0.4 is 16.0 Å². The molecule has 0 fully saturated rings. The Labute approximate surface area is 171 Å². The fourth-order valence-electron chi connectivity index (χ4n) is 3.95. The van der Waals surface area contributed by atoms with Gasteiger partial charge in [-0.3, -0.25) is 9.79 Å². The number of fused-ring (bicyclic) bond motifs is 2. The number of nitrogens with one attached hydrogen (secondary N) is 3. The summed E-state index contributed by atoms with van der Waals surface area (Å²) in [5.74, 6) is 0.958. The third-order valence-electron chi connectivity index (χ3n) is 5.41. The van der Waals surface area contributed by atoms with E-state index < -0.39 is 0 Å². The van der Waals surface area contributed by atoms with Crippen LogP contribution in [0.4, 0.5) is 5.69 Å². The Morgan fingerprint density at radius 3 is 2.72 bits per heavy atom. The lowest BCUT2D eigenvalue weighted by Crippen LogP contribution is -2.41. The number of hydrogen-bond acceptors (Lipinski definition) is 2. The van der Waals surface area contributed by atoms with Crippen molar-refractivity contribution in [3.8, 4) is 0 Å². The number of nitrogens with zero attached hydrogens (tertiary/aromatic N) is 1. The highest BCUT2D eigenvalue weighted by atomic mass is 16.1. The molecule has 3 aromatic rings. The summed E-state index contributed by atoms with van der Waals surface area (Å²) in [6.07, 6.45) is 1.40. The van der Waals surface area contributed by atoms with Crippen molar-refractivity contribution in [3.63, 3.8) is 0 Å². The minimum atomic E-state index is 0.0643. The van der Waals surface area contributed by atoms with Gasteiger partial charge in [0.15, 0.2) is 5.96 Å². The Bertz CT molecular complexity index is 1040. The Hall–Kier alpha value is -3.34. The van der Waals surface area contributed by atoms with Gasteiger partial charge in [-0.05, 0) is 34.4 Å². The first-order valence-electron chi connectivity index (χ1n) is 10.0. The van der Waals surface area contributed by atoms with E-state index >= 15 is 0 Å². The third-order valence-corrected chi connectivity index (χ3v) is 5.41. The molecule has 1 unspecified atom stereocenters. The van der Waals surface area contributed by atoms with Crippen molar-refractivity contribution in [1.29, 1.82) is 0 Å². The third kappa shape index (κ3) is 4.40. The van der Waals surface area contributed by atoms with Gasteiger partial charge in [-0.2, -0.15) is 0 Å². The minimum Gasteiger partial charge on any atom is -0.356 e. The van der Waals surface area contributed by atoms with Crippen LogP contribution >= 0.6 is 0 Å². The SMILES string of the molecule is CN=C(NCCc1cccc2ccccc12)NCC1CC(=O)Nc2ccccc21. The first-order chi connectivity index (χ1) is 14.2. The molecular formula is C24H26N4O. The van der Waals surface area contributed by atoms with Crippen LogP contribution in [0.15, 0.2) is 71.7 Å². The molecule has 3 aromatic carbocycles. The molecule has 0 saturated carbocycles. The first-order valence-corrected chi connectivity index (χ1v) is 10.0. The Kier molecular flexibility index (Phi) is 5.75. The van der Waals surface area contributed by atoms with Gasteiger partial charge in [-0.25, -0.2) is 0 Å². The van der Waals surface area contributed by atoms with Crippen molar-refractivity contribution >= 4 is 28.3 Å². The van der Waals surface area contributed by atoms with Gasteiger partial charge < -0.3 is 16.0 Å². The van der Waals surface area contributed by atoms with Crippen molar-refractivity contribution in [2.75, 3.05) is 25.5 Å². The van der Waals surface area contributed by atoms with Crippen LogP contribution in [0.1, 0.15) is 23.5 Å². The van der Waals surface area contributed by atoms with Gasteiger partial charge in [0.25, 0.3) is 0 Å². The van der Waals surface area contributed by atoms with E-state index in [4.69, 9.17) is 0 Å². The summed E-state index contributed by atoms with van der Waals surface area (Å²) in [5, 5.41) is 12.3. The lowest BCUT2D eigenvalue weighted by atomic mass is 9.90. The highest BCUT2D eigenvalue weighted by molar-refractivity contribution is 5.94. The molecule has 1 amide bonds. The largest absolute Gasteiger partial charge is 0.356 e. The van der Waals surface area contributed by atoms with E-state index in [0.717, 1.165) is 24.6 Å². The number of para-hydroxylation sites is 1. The second-order valence-electron chi connectivity index (χ2n) is 7.30. The first kappa shape index (κ1) is 19.0. The summed E-state index contributed by atoms with van der Waals surface area (Å²) in [6, 6.07) is 22.9. The van der Waals surface area contributed by atoms with Gasteiger partial charge in [-0.15, -0.1) is 0 Å². The molecular weight excluding hydrogens is 360 g/mol. The van der Waals surface area contributed by atoms with Crippen LogP contribution in [-0.4, -0.2) is 32.0 Å². The molecule has 0 spiro atoms. The highest BCUT2D eigenvalue weighted by Gasteiger charge is 2.24. The maximum atomic E-state index is 12.0. The van der Waals surface area contributed by atoms with Crippen LogP contribution in [0.25, 0.3) is 10.8 Å². The highest BCUT2D eigenvalue weighted by Crippen LogP contribution is 2.31. The summed E-state index contributed by atoms with van der Waals surface area (Å²) >= 11 is 0. The van der Waals surface area contributed by atoms with Crippen molar-refractivity contribution in [1.82, 2.24) is 10.6 Å². The molecule has 0 bridgehead atoms. The summed E-state index contributed by atoms with van der Waals surface area (Å²) in [5.41, 5.74) is 3.41. The van der Waals surface area contributed by atoms with E-state index in [2.05, 4.69) is 69.5 Å².